The van der Waals surface area contributed by atoms with Gasteiger partial charge >= 0.3 is 0 Å². The summed E-state index contributed by atoms with van der Waals surface area (Å²) in [7, 11) is 3.36. The van der Waals surface area contributed by atoms with Crippen LogP contribution in [0.25, 0.3) is 11.1 Å². The van der Waals surface area contributed by atoms with Crippen molar-refractivity contribution in [2.75, 3.05) is 33.9 Å². The fraction of sp³-hybridized carbons (Fsp3) is 0.321. The molecule has 0 aliphatic rings. The van der Waals surface area contributed by atoms with Crippen molar-refractivity contribution in [3.63, 3.8) is 0 Å². The lowest BCUT2D eigenvalue weighted by Crippen LogP contribution is -2.30. The maximum Gasteiger partial charge on any atom is 0.253 e. The van der Waals surface area contributed by atoms with Crippen molar-refractivity contribution in [2.45, 2.75) is 26.2 Å². The van der Waals surface area contributed by atoms with Gasteiger partial charge in [-0.05, 0) is 54.2 Å². The average molecular weight is 448 g/mol. The Morgan fingerprint density at radius 1 is 1.00 bits per heavy atom. The fourth-order valence-electron chi connectivity index (χ4n) is 3.76. The lowest BCUT2D eigenvalue weighted by molar-refractivity contribution is 0.0766. The highest BCUT2D eigenvalue weighted by molar-refractivity contribution is 5.96. The van der Waals surface area contributed by atoms with E-state index < -0.39 is 0 Å². The smallest absolute Gasteiger partial charge is 0.253 e. The number of hydrogen-bond donors (Lipinski definition) is 1. The van der Waals surface area contributed by atoms with Crippen LogP contribution in [-0.4, -0.2) is 49.8 Å². The van der Waals surface area contributed by atoms with Crippen molar-refractivity contribution in [1.29, 1.82) is 0 Å². The summed E-state index contributed by atoms with van der Waals surface area (Å²) >= 11 is 0. The number of nitrogens with zero attached hydrogens (tertiary/aromatic N) is 1. The molecule has 0 saturated carbocycles. The minimum Gasteiger partial charge on any atom is -0.497 e. The monoisotopic (exact) mass is 447 g/mol. The van der Waals surface area contributed by atoms with E-state index in [9.17, 15) is 9.90 Å². The second-order valence-corrected chi connectivity index (χ2v) is 8.02. The van der Waals surface area contributed by atoms with E-state index in [1.54, 1.807) is 19.1 Å². The molecule has 5 heteroatoms. The molecule has 0 atom stereocenters. The first-order chi connectivity index (χ1) is 16.1. The van der Waals surface area contributed by atoms with E-state index in [0.717, 1.165) is 47.5 Å². The Morgan fingerprint density at radius 3 is 2.48 bits per heavy atom. The van der Waals surface area contributed by atoms with Gasteiger partial charge in [0.15, 0.2) is 0 Å². The largest absolute Gasteiger partial charge is 0.497 e. The molecule has 5 nitrogen and oxygen atoms in total. The van der Waals surface area contributed by atoms with Gasteiger partial charge in [-0.15, -0.1) is 0 Å². The summed E-state index contributed by atoms with van der Waals surface area (Å²) in [4.78, 5) is 14.6. The van der Waals surface area contributed by atoms with Gasteiger partial charge in [-0.1, -0.05) is 49.4 Å². The highest BCUT2D eigenvalue weighted by Gasteiger charge is 2.18. The minimum atomic E-state index is -0.0872. The van der Waals surface area contributed by atoms with E-state index in [-0.39, 0.29) is 12.5 Å². The number of rotatable bonds is 11. The number of hydrogen-bond acceptors (Lipinski definition) is 4. The molecule has 3 aromatic rings. The second kappa shape index (κ2) is 12.1. The van der Waals surface area contributed by atoms with Gasteiger partial charge in [0.1, 0.15) is 11.5 Å². The summed E-state index contributed by atoms with van der Waals surface area (Å²) in [6.07, 6.45) is 2.47. The van der Waals surface area contributed by atoms with Gasteiger partial charge in [0.2, 0.25) is 0 Å². The molecule has 0 spiro atoms. The number of carbonyl (C=O) groups is 1. The Balaban J connectivity index is 2.00. The maximum absolute atomic E-state index is 13.1. The number of aliphatic hydroxyl groups is 1. The number of ether oxygens (including phenoxy) is 2. The maximum atomic E-state index is 13.1. The van der Waals surface area contributed by atoms with Crippen LogP contribution in [0.3, 0.4) is 0 Å². The molecular formula is C28H33NO4. The summed E-state index contributed by atoms with van der Waals surface area (Å²) in [5.41, 5.74) is 4.82. The van der Waals surface area contributed by atoms with Crippen LogP contribution in [0.2, 0.25) is 0 Å². The molecule has 0 aromatic heterocycles. The number of carbonyl (C=O) groups excluding carboxylic acids is 1. The molecule has 174 valence electrons. The van der Waals surface area contributed by atoms with Crippen molar-refractivity contribution in [3.8, 4) is 22.6 Å². The highest BCUT2D eigenvalue weighted by atomic mass is 16.5. The van der Waals surface area contributed by atoms with Crippen molar-refractivity contribution in [2.24, 2.45) is 0 Å². The van der Waals surface area contributed by atoms with Crippen molar-refractivity contribution in [1.82, 2.24) is 4.90 Å². The van der Waals surface area contributed by atoms with Gasteiger partial charge in [0, 0.05) is 30.8 Å². The molecule has 0 bridgehead atoms. The first kappa shape index (κ1) is 24.3. The van der Waals surface area contributed by atoms with Crippen LogP contribution in [-0.2, 0) is 12.8 Å². The topological polar surface area (TPSA) is 59.0 Å². The zero-order valence-electron chi connectivity index (χ0n) is 19.7. The summed E-state index contributed by atoms with van der Waals surface area (Å²) in [6, 6.07) is 22.0. The normalized spacial score (nSPS) is 10.7. The van der Waals surface area contributed by atoms with Crippen molar-refractivity contribution < 1.29 is 19.4 Å². The number of likely N-dealkylation sites (N-methyl/N-ethyl adjacent to an activating group) is 1. The number of aliphatic hydroxyl groups excluding tert-OH is 1. The number of methoxy groups -OCH3 is 1. The Bertz CT molecular complexity index is 1050. The van der Waals surface area contributed by atoms with Crippen LogP contribution < -0.4 is 9.47 Å². The van der Waals surface area contributed by atoms with Gasteiger partial charge in [0.25, 0.3) is 5.91 Å². The first-order valence-corrected chi connectivity index (χ1v) is 11.4. The molecule has 3 aromatic carbocycles. The third-order valence-corrected chi connectivity index (χ3v) is 5.61. The van der Waals surface area contributed by atoms with Gasteiger partial charge in [-0.3, -0.25) is 4.79 Å². The zero-order valence-corrected chi connectivity index (χ0v) is 19.7. The molecule has 33 heavy (non-hydrogen) atoms. The lowest BCUT2D eigenvalue weighted by atomic mass is 9.94. The molecule has 0 unspecified atom stereocenters. The van der Waals surface area contributed by atoms with E-state index in [1.165, 1.54) is 5.56 Å². The molecular weight excluding hydrogens is 414 g/mol. The Labute approximate surface area is 196 Å². The minimum absolute atomic E-state index is 0.0658. The van der Waals surface area contributed by atoms with Crippen LogP contribution in [0, 0.1) is 0 Å². The molecule has 0 fully saturated rings. The van der Waals surface area contributed by atoms with Crippen LogP contribution in [0.4, 0.5) is 0 Å². The number of amides is 1. The summed E-state index contributed by atoms with van der Waals surface area (Å²) in [5, 5.41) is 9.27. The molecule has 3 rings (SSSR count). The average Bonchev–Trinajstić information content (AvgIpc) is 2.86. The molecule has 0 aliphatic carbocycles. The van der Waals surface area contributed by atoms with Crippen LogP contribution in [0.15, 0.2) is 66.7 Å². The van der Waals surface area contributed by atoms with Gasteiger partial charge in [-0.25, -0.2) is 0 Å². The third kappa shape index (κ3) is 6.36. The lowest BCUT2D eigenvalue weighted by Gasteiger charge is -2.19. The van der Waals surface area contributed by atoms with Crippen LogP contribution >= 0.6 is 0 Å². The van der Waals surface area contributed by atoms with E-state index in [1.807, 2.05) is 48.5 Å². The highest BCUT2D eigenvalue weighted by Crippen LogP contribution is 2.35. The molecule has 0 aliphatic heterocycles. The Kier molecular flexibility index (Phi) is 8.90. The fourth-order valence-corrected chi connectivity index (χ4v) is 3.76. The number of aryl methyl sites for hydroxylation is 2. The van der Waals surface area contributed by atoms with Gasteiger partial charge < -0.3 is 19.5 Å². The predicted octanol–water partition coefficient (Wildman–Crippen LogP) is 5.00. The van der Waals surface area contributed by atoms with E-state index >= 15 is 0 Å². The molecule has 0 radical (unpaired) electrons. The first-order valence-electron chi connectivity index (χ1n) is 11.4. The molecule has 0 heterocycles. The summed E-state index contributed by atoms with van der Waals surface area (Å²) in [5.74, 6) is 1.42. The van der Waals surface area contributed by atoms with Crippen molar-refractivity contribution in [3.05, 3.63) is 83.4 Å². The predicted molar refractivity (Wildman–Crippen MR) is 132 cm³/mol. The van der Waals surface area contributed by atoms with Gasteiger partial charge in [-0.2, -0.15) is 0 Å². The SMILES string of the molecule is CCCOc1cc(OC)ccc1-c1ccc(C(=O)N(C)CCO)c(CCc2ccccc2)c1. The van der Waals surface area contributed by atoms with E-state index in [2.05, 4.69) is 25.1 Å². The number of benzene rings is 3. The molecule has 0 saturated heterocycles. The summed E-state index contributed by atoms with van der Waals surface area (Å²) < 4.78 is 11.4. The van der Waals surface area contributed by atoms with Crippen LogP contribution in [0.5, 0.6) is 11.5 Å². The van der Waals surface area contributed by atoms with Crippen molar-refractivity contribution >= 4 is 5.91 Å². The molecule has 1 N–H and O–H groups in total. The quantitative estimate of drug-likeness (QED) is 0.449. The second-order valence-electron chi connectivity index (χ2n) is 8.02. The Morgan fingerprint density at radius 2 is 1.79 bits per heavy atom. The Hall–Kier alpha value is -3.31. The zero-order chi connectivity index (χ0) is 23.6. The third-order valence-electron chi connectivity index (χ3n) is 5.61. The van der Waals surface area contributed by atoms with Gasteiger partial charge in [0.05, 0.1) is 20.3 Å². The van der Waals surface area contributed by atoms with E-state index in [4.69, 9.17) is 9.47 Å². The summed E-state index contributed by atoms with van der Waals surface area (Å²) in [6.45, 7) is 2.92. The molecule has 1 amide bonds. The van der Waals surface area contributed by atoms with E-state index in [0.29, 0.717) is 18.7 Å². The standard InChI is InChI=1S/C28H33NO4/c1-4-18-33-27-20-24(32-3)13-15-25(27)22-12-14-26(28(31)29(2)16-17-30)23(19-22)11-10-21-8-6-5-7-9-21/h5-9,12-15,19-20,30H,4,10-11,16-18H2,1-3H3. The van der Waals surface area contributed by atoms with Crippen LogP contribution in [0.1, 0.15) is 34.8 Å².